The highest BCUT2D eigenvalue weighted by atomic mass is 35.5. The Morgan fingerprint density at radius 2 is 2.07 bits per heavy atom. The number of hydrogen-bond donors (Lipinski definition) is 1. The van der Waals surface area contributed by atoms with Crippen molar-refractivity contribution in [2.45, 2.75) is 0 Å². The number of benzene rings is 1. The summed E-state index contributed by atoms with van der Waals surface area (Å²) in [6.07, 6.45) is 0. The average Bonchev–Trinajstić information content (AvgIpc) is 2.12. The van der Waals surface area contributed by atoms with Gasteiger partial charge in [0.1, 0.15) is 0 Å². The second kappa shape index (κ2) is 4.19. The van der Waals surface area contributed by atoms with Crippen molar-refractivity contribution in [2.24, 2.45) is 0 Å². The van der Waals surface area contributed by atoms with E-state index in [0.717, 1.165) is 6.07 Å². The van der Waals surface area contributed by atoms with E-state index in [0.29, 0.717) is 0 Å². The molecule has 2 nitrogen and oxygen atoms in total. The minimum absolute atomic E-state index is 0.267. The summed E-state index contributed by atoms with van der Waals surface area (Å²) in [5.74, 6) is -2.93. The van der Waals surface area contributed by atoms with Gasteiger partial charge in [0.15, 0.2) is 11.6 Å². The van der Waals surface area contributed by atoms with Gasteiger partial charge in [-0.3, -0.25) is 4.79 Å². The maximum absolute atomic E-state index is 13.0. The second-order valence-electron chi connectivity index (χ2n) is 2.46. The quantitative estimate of drug-likeness (QED) is 0.759. The maximum Gasteiger partial charge on any atom is 0.266 e. The first kappa shape index (κ1) is 10.7. The molecule has 0 aliphatic carbocycles. The second-order valence-corrected chi connectivity index (χ2v) is 2.92. The minimum Gasteiger partial charge on any atom is -0.319 e. The van der Waals surface area contributed by atoms with Gasteiger partial charge in [-0.2, -0.15) is 0 Å². The van der Waals surface area contributed by atoms with Crippen LogP contribution in [0.15, 0.2) is 29.8 Å². The van der Waals surface area contributed by atoms with Crippen LogP contribution in [0.1, 0.15) is 0 Å². The first-order valence-corrected chi connectivity index (χ1v) is 4.00. The summed E-state index contributed by atoms with van der Waals surface area (Å²) in [5, 5.41) is 1.77. The molecule has 0 aromatic heterocycles. The van der Waals surface area contributed by atoms with Gasteiger partial charge in [-0.15, -0.1) is 0 Å². The summed E-state index contributed by atoms with van der Waals surface area (Å²) >= 11 is 5.25. The van der Waals surface area contributed by atoms with Crippen molar-refractivity contribution in [2.75, 3.05) is 5.32 Å². The minimum atomic E-state index is -1.13. The number of carbonyl (C=O) groups excluding carboxylic acids is 1. The fourth-order valence-corrected chi connectivity index (χ4v) is 0.838. The largest absolute Gasteiger partial charge is 0.319 e. The van der Waals surface area contributed by atoms with E-state index in [2.05, 4.69) is 11.9 Å². The number of hydrogen-bond acceptors (Lipinski definition) is 1. The third-order valence-corrected chi connectivity index (χ3v) is 1.62. The van der Waals surface area contributed by atoms with E-state index in [1.165, 1.54) is 12.1 Å². The van der Waals surface area contributed by atoms with Gasteiger partial charge in [0, 0.05) is 0 Å². The Labute approximate surface area is 84.2 Å². The van der Waals surface area contributed by atoms with E-state index in [9.17, 15) is 13.6 Å². The molecule has 5 heteroatoms. The molecule has 74 valence electrons. The number of rotatable bonds is 2. The van der Waals surface area contributed by atoms with Crippen LogP contribution in [0, 0.1) is 11.6 Å². The van der Waals surface area contributed by atoms with Gasteiger partial charge < -0.3 is 5.32 Å². The van der Waals surface area contributed by atoms with Crippen LogP contribution in [-0.4, -0.2) is 5.91 Å². The van der Waals surface area contributed by atoms with Crippen LogP contribution < -0.4 is 5.32 Å². The van der Waals surface area contributed by atoms with Crippen molar-refractivity contribution in [3.05, 3.63) is 41.4 Å². The van der Waals surface area contributed by atoms with Crippen molar-refractivity contribution in [3.63, 3.8) is 0 Å². The highest BCUT2D eigenvalue weighted by molar-refractivity contribution is 6.43. The van der Waals surface area contributed by atoms with Crippen LogP contribution in [0.4, 0.5) is 14.5 Å². The van der Waals surface area contributed by atoms with Crippen molar-refractivity contribution < 1.29 is 13.6 Å². The van der Waals surface area contributed by atoms with E-state index < -0.39 is 17.5 Å². The molecule has 14 heavy (non-hydrogen) atoms. The first-order valence-electron chi connectivity index (χ1n) is 3.62. The maximum atomic E-state index is 13.0. The molecular weight excluding hydrogens is 212 g/mol. The Bertz CT molecular complexity index is 392. The first-order chi connectivity index (χ1) is 6.52. The molecule has 1 aromatic carbocycles. The molecule has 0 aliphatic heterocycles. The lowest BCUT2D eigenvalue weighted by atomic mass is 10.3. The van der Waals surface area contributed by atoms with Gasteiger partial charge in [-0.25, -0.2) is 8.78 Å². The van der Waals surface area contributed by atoms with Crippen molar-refractivity contribution in [1.29, 1.82) is 0 Å². The Hall–Kier alpha value is -1.42. The predicted molar refractivity (Wildman–Crippen MR) is 50.0 cm³/mol. The zero-order valence-electron chi connectivity index (χ0n) is 6.98. The molecule has 0 aliphatic rings. The zero-order chi connectivity index (χ0) is 10.7. The lowest BCUT2D eigenvalue weighted by molar-refractivity contribution is -0.112. The van der Waals surface area contributed by atoms with Crippen LogP contribution >= 0.6 is 11.6 Å². The fourth-order valence-electron chi connectivity index (χ4n) is 0.790. The van der Waals surface area contributed by atoms with Gasteiger partial charge in [0.2, 0.25) is 0 Å². The Balaban J connectivity index is 2.93. The Kier molecular flexibility index (Phi) is 3.19. The van der Waals surface area contributed by atoms with Crippen molar-refractivity contribution in [3.8, 4) is 0 Å². The van der Waals surface area contributed by atoms with Crippen LogP contribution in [0.3, 0.4) is 0 Å². The molecule has 0 heterocycles. The SMILES string of the molecule is C=C(Cl)C(=O)Nc1cccc(F)c1F. The summed E-state index contributed by atoms with van der Waals surface area (Å²) in [4.78, 5) is 10.9. The number of carbonyl (C=O) groups is 1. The normalized spacial score (nSPS) is 9.64. The molecule has 1 N–H and O–H groups in total. The summed E-state index contributed by atoms with van der Waals surface area (Å²) < 4.78 is 25.6. The van der Waals surface area contributed by atoms with Crippen molar-refractivity contribution in [1.82, 2.24) is 0 Å². The summed E-state index contributed by atoms with van der Waals surface area (Å²) in [7, 11) is 0. The van der Waals surface area contributed by atoms with Crippen LogP contribution in [-0.2, 0) is 4.79 Å². The number of amides is 1. The highest BCUT2D eigenvalue weighted by Gasteiger charge is 2.11. The standard InChI is InChI=1S/C9H6ClF2NO/c1-5(10)9(14)13-7-4-2-3-6(11)8(7)12/h2-4H,1H2,(H,13,14). The average molecular weight is 218 g/mol. The van der Waals surface area contributed by atoms with E-state index in [1.807, 2.05) is 0 Å². The molecule has 0 atom stereocenters. The predicted octanol–water partition coefficient (Wildman–Crippen LogP) is 2.66. The Morgan fingerprint density at radius 1 is 1.43 bits per heavy atom. The lowest BCUT2D eigenvalue weighted by Crippen LogP contribution is -2.12. The monoisotopic (exact) mass is 217 g/mol. The number of nitrogens with one attached hydrogen (secondary N) is 1. The molecule has 0 radical (unpaired) electrons. The Morgan fingerprint density at radius 3 is 2.64 bits per heavy atom. The van der Waals surface area contributed by atoms with Crippen LogP contribution in [0.25, 0.3) is 0 Å². The third-order valence-electron chi connectivity index (χ3n) is 1.45. The molecule has 1 aromatic rings. The summed E-state index contributed by atoms with van der Waals surface area (Å²) in [6.45, 7) is 3.14. The van der Waals surface area contributed by atoms with Gasteiger partial charge in [-0.1, -0.05) is 24.2 Å². The molecule has 1 amide bonds. The molecule has 0 saturated heterocycles. The number of anilines is 1. The van der Waals surface area contributed by atoms with Gasteiger partial charge in [0.05, 0.1) is 10.7 Å². The van der Waals surface area contributed by atoms with Crippen LogP contribution in [0.5, 0.6) is 0 Å². The summed E-state index contributed by atoms with van der Waals surface area (Å²) in [6, 6.07) is 3.43. The zero-order valence-corrected chi connectivity index (χ0v) is 7.74. The highest BCUT2D eigenvalue weighted by Crippen LogP contribution is 2.17. The molecule has 0 saturated carbocycles. The van der Waals surface area contributed by atoms with Crippen molar-refractivity contribution >= 4 is 23.2 Å². The van der Waals surface area contributed by atoms with E-state index in [-0.39, 0.29) is 10.7 Å². The molecule has 0 unspecified atom stereocenters. The number of halogens is 3. The molecule has 0 fully saturated rings. The fraction of sp³-hybridized carbons (Fsp3) is 0. The summed E-state index contributed by atoms with van der Waals surface area (Å²) in [5.41, 5.74) is -0.267. The lowest BCUT2D eigenvalue weighted by Gasteiger charge is -2.04. The van der Waals surface area contributed by atoms with Gasteiger partial charge in [0.25, 0.3) is 5.91 Å². The smallest absolute Gasteiger partial charge is 0.266 e. The van der Waals surface area contributed by atoms with Gasteiger partial charge in [-0.05, 0) is 12.1 Å². The molecule has 0 bridgehead atoms. The third kappa shape index (κ3) is 2.29. The van der Waals surface area contributed by atoms with E-state index in [4.69, 9.17) is 11.6 Å². The molecule has 1 rings (SSSR count). The molecular formula is C9H6ClF2NO. The van der Waals surface area contributed by atoms with Gasteiger partial charge >= 0.3 is 0 Å². The topological polar surface area (TPSA) is 29.1 Å². The molecule has 0 spiro atoms. The van der Waals surface area contributed by atoms with E-state index in [1.54, 1.807) is 0 Å². The van der Waals surface area contributed by atoms with Crippen LogP contribution in [0.2, 0.25) is 0 Å². The van der Waals surface area contributed by atoms with E-state index >= 15 is 0 Å².